The van der Waals surface area contributed by atoms with Crippen LogP contribution in [0, 0.1) is 0 Å². The van der Waals surface area contributed by atoms with E-state index in [9.17, 15) is 14.7 Å². The van der Waals surface area contributed by atoms with E-state index in [-0.39, 0.29) is 25.0 Å². The second kappa shape index (κ2) is 31.0. The number of benzene rings is 1. The van der Waals surface area contributed by atoms with Gasteiger partial charge >= 0.3 is 6.09 Å². The zero-order valence-electron chi connectivity index (χ0n) is 32.6. The van der Waals surface area contributed by atoms with Crippen LogP contribution < -0.4 is 10.6 Å². The van der Waals surface area contributed by atoms with Gasteiger partial charge < -0.3 is 30.2 Å². The average Bonchev–Trinajstić information content (AvgIpc) is 3.54. The highest BCUT2D eigenvalue weighted by Crippen LogP contribution is 2.19. The summed E-state index contributed by atoms with van der Waals surface area (Å²) in [6.07, 6.45) is 31.8. The molecule has 0 saturated heterocycles. The molecule has 0 aliphatic heterocycles. The summed E-state index contributed by atoms with van der Waals surface area (Å²) in [6, 6.07) is 6.91. The Labute approximate surface area is 311 Å². The van der Waals surface area contributed by atoms with Crippen molar-refractivity contribution < 1.29 is 24.2 Å². The molecule has 0 aliphatic carbocycles. The molecule has 4 N–H and O–H groups in total. The molecule has 0 saturated carbocycles. The van der Waals surface area contributed by atoms with Crippen molar-refractivity contribution in [2.75, 3.05) is 26.4 Å². The van der Waals surface area contributed by atoms with Gasteiger partial charge in [-0.15, -0.1) is 0 Å². The van der Waals surface area contributed by atoms with E-state index in [0.717, 1.165) is 35.7 Å². The normalized spacial score (nSPS) is 12.7. The second-order valence-corrected chi connectivity index (χ2v) is 14.7. The Morgan fingerprint density at radius 1 is 0.686 bits per heavy atom. The number of para-hydroxylation sites is 1. The van der Waals surface area contributed by atoms with E-state index in [0.29, 0.717) is 19.8 Å². The summed E-state index contributed by atoms with van der Waals surface area (Å²) in [7, 11) is 0. The molecule has 8 heteroatoms. The monoisotopic (exact) mass is 714 g/mol. The lowest BCUT2D eigenvalue weighted by Gasteiger charge is -2.21. The maximum atomic E-state index is 13.3. The third kappa shape index (κ3) is 22.9. The SMILES string of the molecule is CCCCCCCCCCCCCCOCC(CNC(=O)[C@H](Cc1c[nH]c2ccccc12)NC(=O)O)OCCCCCCCCCCCCCC. The van der Waals surface area contributed by atoms with Crippen molar-refractivity contribution in [1.82, 2.24) is 15.6 Å². The number of H-pyrrole nitrogens is 1. The molecular weight excluding hydrogens is 638 g/mol. The first kappa shape index (κ1) is 44.6. The van der Waals surface area contributed by atoms with E-state index >= 15 is 0 Å². The number of hydrogen-bond donors (Lipinski definition) is 4. The van der Waals surface area contributed by atoms with Crippen molar-refractivity contribution in [2.24, 2.45) is 0 Å². The van der Waals surface area contributed by atoms with Crippen molar-refractivity contribution in [1.29, 1.82) is 0 Å². The summed E-state index contributed by atoms with van der Waals surface area (Å²) in [6.45, 7) is 6.55. The van der Waals surface area contributed by atoms with Crippen molar-refractivity contribution in [3.05, 3.63) is 36.0 Å². The summed E-state index contributed by atoms with van der Waals surface area (Å²) in [4.78, 5) is 28.1. The minimum absolute atomic E-state index is 0.252. The van der Waals surface area contributed by atoms with Crippen LogP contribution in [0.3, 0.4) is 0 Å². The summed E-state index contributed by atoms with van der Waals surface area (Å²) in [5, 5.41) is 15.9. The molecule has 2 rings (SSSR count). The third-order valence-corrected chi connectivity index (χ3v) is 10.0. The van der Waals surface area contributed by atoms with E-state index in [1.807, 2.05) is 30.5 Å². The Morgan fingerprint density at radius 3 is 1.71 bits per heavy atom. The molecule has 1 unspecified atom stereocenters. The zero-order valence-corrected chi connectivity index (χ0v) is 32.6. The minimum Gasteiger partial charge on any atom is -0.465 e. The first-order valence-electron chi connectivity index (χ1n) is 21.1. The molecule has 2 aromatic rings. The number of carboxylic acid groups (broad SMARTS) is 1. The van der Waals surface area contributed by atoms with Crippen molar-refractivity contribution >= 4 is 22.9 Å². The molecule has 0 radical (unpaired) electrons. The van der Waals surface area contributed by atoms with Gasteiger partial charge in [0, 0.05) is 43.3 Å². The molecule has 292 valence electrons. The smallest absolute Gasteiger partial charge is 0.405 e. The van der Waals surface area contributed by atoms with Gasteiger partial charge in [-0.25, -0.2) is 4.79 Å². The highest BCUT2D eigenvalue weighted by molar-refractivity contribution is 5.88. The zero-order chi connectivity index (χ0) is 36.6. The molecular formula is C43H75N3O5. The summed E-state index contributed by atoms with van der Waals surface area (Å²) < 4.78 is 12.3. The largest absolute Gasteiger partial charge is 0.465 e. The van der Waals surface area contributed by atoms with Crippen LogP contribution >= 0.6 is 0 Å². The number of aromatic amines is 1. The number of amides is 2. The topological polar surface area (TPSA) is 113 Å². The average molecular weight is 714 g/mol. The fraction of sp³-hybridized carbons (Fsp3) is 0.767. The fourth-order valence-electron chi connectivity index (χ4n) is 6.84. The summed E-state index contributed by atoms with van der Waals surface area (Å²) >= 11 is 0. The van der Waals surface area contributed by atoms with Crippen molar-refractivity contribution in [3.8, 4) is 0 Å². The number of nitrogens with one attached hydrogen (secondary N) is 3. The van der Waals surface area contributed by atoms with Gasteiger partial charge in [0.25, 0.3) is 0 Å². The number of ether oxygens (including phenoxy) is 2. The highest BCUT2D eigenvalue weighted by Gasteiger charge is 2.23. The Bertz CT molecular complexity index is 1120. The van der Waals surface area contributed by atoms with Crippen LogP contribution in [0.4, 0.5) is 4.79 Å². The molecule has 2 atom stereocenters. The number of carbonyl (C=O) groups is 2. The van der Waals surface area contributed by atoms with Crippen LogP contribution in [0.1, 0.15) is 174 Å². The molecule has 1 aromatic carbocycles. The van der Waals surface area contributed by atoms with Gasteiger partial charge in [0.2, 0.25) is 5.91 Å². The van der Waals surface area contributed by atoms with E-state index in [4.69, 9.17) is 9.47 Å². The van der Waals surface area contributed by atoms with E-state index < -0.39 is 12.1 Å². The molecule has 8 nitrogen and oxygen atoms in total. The highest BCUT2D eigenvalue weighted by atomic mass is 16.5. The standard InChI is InChI=1S/C43H75N3O5/c1-3-5-7-9-11-13-15-17-19-21-23-27-31-50-36-38(51-32-28-24-22-20-18-16-14-12-10-8-6-4-2)35-45-42(47)41(46-43(48)49)33-37-34-44-40-30-26-25-29-39(37)40/h25-26,29-30,34,38,41,44,46H,3-24,27-28,31-33,35-36H2,1-2H3,(H,45,47)(H,48,49)/t38?,41-/m0/s1. The van der Waals surface area contributed by atoms with Gasteiger partial charge in [0.15, 0.2) is 0 Å². The van der Waals surface area contributed by atoms with Gasteiger partial charge in [-0.3, -0.25) is 4.79 Å². The van der Waals surface area contributed by atoms with Gasteiger partial charge in [-0.2, -0.15) is 0 Å². The first-order chi connectivity index (χ1) is 25.0. The Kier molecular flexibility index (Phi) is 27.1. The molecule has 2 amide bonds. The van der Waals surface area contributed by atoms with Gasteiger partial charge in [0.1, 0.15) is 6.04 Å². The second-order valence-electron chi connectivity index (χ2n) is 14.7. The number of aromatic nitrogens is 1. The van der Waals surface area contributed by atoms with Gasteiger partial charge in [0.05, 0.1) is 12.7 Å². The number of fused-ring (bicyclic) bond motifs is 1. The van der Waals surface area contributed by atoms with Crippen LogP contribution in [0.15, 0.2) is 30.5 Å². The Hall–Kier alpha value is -2.58. The van der Waals surface area contributed by atoms with Crippen LogP contribution in [0.25, 0.3) is 10.9 Å². The quantitative estimate of drug-likeness (QED) is 0.0531. The van der Waals surface area contributed by atoms with Crippen molar-refractivity contribution in [2.45, 2.75) is 187 Å². The van der Waals surface area contributed by atoms with E-state index in [2.05, 4.69) is 29.5 Å². The summed E-state index contributed by atoms with van der Waals surface area (Å²) in [5.41, 5.74) is 1.85. The number of carbonyl (C=O) groups excluding carboxylic acids is 1. The predicted octanol–water partition coefficient (Wildman–Crippen LogP) is 11.3. The van der Waals surface area contributed by atoms with Gasteiger partial charge in [-0.05, 0) is 24.5 Å². The van der Waals surface area contributed by atoms with E-state index in [1.54, 1.807) is 0 Å². The fourth-order valence-corrected chi connectivity index (χ4v) is 6.84. The Morgan fingerprint density at radius 2 is 1.18 bits per heavy atom. The number of hydrogen-bond acceptors (Lipinski definition) is 4. The van der Waals surface area contributed by atoms with E-state index in [1.165, 1.54) is 135 Å². The molecule has 0 aliphatic rings. The number of rotatable bonds is 35. The lowest BCUT2D eigenvalue weighted by atomic mass is 10.0. The van der Waals surface area contributed by atoms with Crippen molar-refractivity contribution in [3.63, 3.8) is 0 Å². The maximum absolute atomic E-state index is 13.3. The van der Waals surface area contributed by atoms with Gasteiger partial charge in [-0.1, -0.05) is 173 Å². The predicted molar refractivity (Wildman–Crippen MR) is 213 cm³/mol. The maximum Gasteiger partial charge on any atom is 0.405 e. The lowest BCUT2D eigenvalue weighted by Crippen LogP contribution is -2.49. The molecule has 51 heavy (non-hydrogen) atoms. The Balaban J connectivity index is 1.72. The minimum atomic E-state index is -1.22. The first-order valence-corrected chi connectivity index (χ1v) is 21.1. The number of unbranched alkanes of at least 4 members (excludes halogenated alkanes) is 22. The molecule has 0 fully saturated rings. The van der Waals surface area contributed by atoms with Crippen LogP contribution in [0.2, 0.25) is 0 Å². The lowest BCUT2D eigenvalue weighted by molar-refractivity contribution is -0.124. The third-order valence-electron chi connectivity index (χ3n) is 10.0. The van der Waals surface area contributed by atoms with Crippen LogP contribution in [-0.4, -0.2) is 60.6 Å². The molecule has 0 bridgehead atoms. The van der Waals surface area contributed by atoms with Crippen LogP contribution in [-0.2, 0) is 20.7 Å². The molecule has 0 spiro atoms. The molecule has 1 heterocycles. The summed E-state index contributed by atoms with van der Waals surface area (Å²) in [5.74, 6) is -0.359. The van der Waals surface area contributed by atoms with Crippen LogP contribution in [0.5, 0.6) is 0 Å². The molecule has 1 aromatic heterocycles.